The molecule has 1 heterocycles. The van der Waals surface area contributed by atoms with Gasteiger partial charge in [-0.15, -0.1) is 0 Å². The van der Waals surface area contributed by atoms with Gasteiger partial charge in [-0.05, 0) is 48.2 Å². The molecule has 2 aromatic carbocycles. The summed E-state index contributed by atoms with van der Waals surface area (Å²) in [7, 11) is 0. The SMILES string of the molecule is CCCN(CC(=O)N(Cc1ccc(F)cc1)Cc1ccco1)C(=O)C(CC)c1ccccc1. The van der Waals surface area contributed by atoms with Crippen LogP contribution in [0.25, 0.3) is 0 Å². The van der Waals surface area contributed by atoms with Gasteiger partial charge < -0.3 is 14.2 Å². The number of amides is 2. The lowest BCUT2D eigenvalue weighted by atomic mass is 9.95. The second-order valence-corrected chi connectivity index (χ2v) is 8.09. The molecule has 0 saturated heterocycles. The van der Waals surface area contributed by atoms with E-state index >= 15 is 0 Å². The van der Waals surface area contributed by atoms with Crippen LogP contribution in [0.2, 0.25) is 0 Å². The van der Waals surface area contributed by atoms with E-state index in [2.05, 4.69) is 0 Å². The highest BCUT2D eigenvalue weighted by Gasteiger charge is 2.27. The summed E-state index contributed by atoms with van der Waals surface area (Å²) in [5, 5.41) is 0. The largest absolute Gasteiger partial charge is 0.467 e. The molecule has 6 heteroatoms. The lowest BCUT2D eigenvalue weighted by Gasteiger charge is -2.29. The number of nitrogens with zero attached hydrogens (tertiary/aromatic N) is 2. The van der Waals surface area contributed by atoms with E-state index in [1.165, 1.54) is 12.1 Å². The number of halogens is 1. The average Bonchev–Trinajstić information content (AvgIpc) is 3.34. The summed E-state index contributed by atoms with van der Waals surface area (Å²) in [6, 6.07) is 19.3. The van der Waals surface area contributed by atoms with Crippen LogP contribution in [0.4, 0.5) is 4.39 Å². The summed E-state index contributed by atoms with van der Waals surface area (Å²) in [4.78, 5) is 30.1. The molecule has 0 aliphatic heterocycles. The Morgan fingerprint density at radius 2 is 1.64 bits per heavy atom. The molecule has 0 spiro atoms. The van der Waals surface area contributed by atoms with Gasteiger partial charge in [0, 0.05) is 13.1 Å². The quantitative estimate of drug-likeness (QED) is 0.394. The lowest BCUT2D eigenvalue weighted by molar-refractivity contribution is -0.142. The topological polar surface area (TPSA) is 53.8 Å². The molecule has 5 nitrogen and oxygen atoms in total. The number of benzene rings is 2. The predicted molar refractivity (Wildman–Crippen MR) is 126 cm³/mol. The van der Waals surface area contributed by atoms with Gasteiger partial charge >= 0.3 is 0 Å². The van der Waals surface area contributed by atoms with E-state index in [1.54, 1.807) is 34.3 Å². The number of carbonyl (C=O) groups is 2. The summed E-state index contributed by atoms with van der Waals surface area (Å²) in [6.45, 7) is 5.03. The number of carbonyl (C=O) groups excluding carboxylic acids is 2. The first kappa shape index (κ1) is 24.2. The molecule has 3 aromatic rings. The third kappa shape index (κ3) is 6.78. The Morgan fingerprint density at radius 3 is 2.24 bits per heavy atom. The second kappa shape index (κ2) is 12.0. The molecule has 0 bridgehead atoms. The second-order valence-electron chi connectivity index (χ2n) is 8.09. The number of rotatable bonds is 11. The van der Waals surface area contributed by atoms with Gasteiger partial charge in [0.05, 0.1) is 25.3 Å². The Labute approximate surface area is 194 Å². The van der Waals surface area contributed by atoms with Crippen molar-refractivity contribution < 1.29 is 18.4 Å². The fourth-order valence-electron chi connectivity index (χ4n) is 3.89. The molecule has 1 unspecified atom stereocenters. The lowest BCUT2D eigenvalue weighted by Crippen LogP contribution is -2.44. The van der Waals surface area contributed by atoms with Gasteiger partial charge in [0.1, 0.15) is 11.6 Å². The van der Waals surface area contributed by atoms with Crippen molar-refractivity contribution in [1.29, 1.82) is 0 Å². The summed E-state index contributed by atoms with van der Waals surface area (Å²) in [6.07, 6.45) is 2.97. The zero-order chi connectivity index (χ0) is 23.6. The van der Waals surface area contributed by atoms with Crippen LogP contribution in [-0.4, -0.2) is 34.7 Å². The van der Waals surface area contributed by atoms with E-state index in [0.717, 1.165) is 17.5 Å². The first-order valence-electron chi connectivity index (χ1n) is 11.4. The van der Waals surface area contributed by atoms with E-state index in [0.29, 0.717) is 25.3 Å². The molecule has 0 N–H and O–H groups in total. The molecular formula is C27H31FN2O3. The van der Waals surface area contributed by atoms with E-state index < -0.39 is 0 Å². The van der Waals surface area contributed by atoms with Crippen molar-refractivity contribution in [2.75, 3.05) is 13.1 Å². The monoisotopic (exact) mass is 450 g/mol. The zero-order valence-corrected chi connectivity index (χ0v) is 19.2. The Balaban J connectivity index is 1.78. The fourth-order valence-corrected chi connectivity index (χ4v) is 3.89. The van der Waals surface area contributed by atoms with E-state index in [4.69, 9.17) is 4.42 Å². The smallest absolute Gasteiger partial charge is 0.242 e. The van der Waals surface area contributed by atoms with Crippen molar-refractivity contribution in [2.24, 2.45) is 0 Å². The fraction of sp³-hybridized carbons (Fsp3) is 0.333. The minimum absolute atomic E-state index is 0.0160. The van der Waals surface area contributed by atoms with Crippen LogP contribution in [0.15, 0.2) is 77.4 Å². The van der Waals surface area contributed by atoms with Crippen LogP contribution < -0.4 is 0 Å². The summed E-state index contributed by atoms with van der Waals surface area (Å²) in [5.41, 5.74) is 1.76. The van der Waals surface area contributed by atoms with E-state index in [-0.39, 0.29) is 36.6 Å². The van der Waals surface area contributed by atoms with Gasteiger partial charge in [-0.25, -0.2) is 4.39 Å². The zero-order valence-electron chi connectivity index (χ0n) is 19.2. The normalized spacial score (nSPS) is 11.7. The van der Waals surface area contributed by atoms with Crippen LogP contribution >= 0.6 is 0 Å². The Morgan fingerprint density at radius 1 is 0.909 bits per heavy atom. The molecule has 1 atom stereocenters. The molecule has 0 saturated carbocycles. The number of furan rings is 1. The molecule has 174 valence electrons. The van der Waals surface area contributed by atoms with Crippen LogP contribution in [-0.2, 0) is 22.7 Å². The molecule has 3 rings (SSSR count). The van der Waals surface area contributed by atoms with Gasteiger partial charge in [0.15, 0.2) is 0 Å². The molecule has 33 heavy (non-hydrogen) atoms. The first-order valence-corrected chi connectivity index (χ1v) is 11.4. The highest BCUT2D eigenvalue weighted by atomic mass is 19.1. The maximum Gasteiger partial charge on any atom is 0.242 e. The van der Waals surface area contributed by atoms with E-state index in [1.807, 2.05) is 50.2 Å². The van der Waals surface area contributed by atoms with Crippen LogP contribution in [0.5, 0.6) is 0 Å². The van der Waals surface area contributed by atoms with Crippen molar-refractivity contribution in [2.45, 2.75) is 45.7 Å². The molecule has 0 radical (unpaired) electrons. The van der Waals surface area contributed by atoms with Crippen molar-refractivity contribution in [1.82, 2.24) is 9.80 Å². The van der Waals surface area contributed by atoms with Crippen LogP contribution in [0.1, 0.15) is 49.5 Å². The average molecular weight is 451 g/mol. The predicted octanol–water partition coefficient (Wildman–Crippen LogP) is 5.38. The molecule has 0 aliphatic rings. The molecule has 0 aliphatic carbocycles. The molecule has 2 amide bonds. The Bertz CT molecular complexity index is 1000. The number of hydrogen-bond acceptors (Lipinski definition) is 3. The first-order chi connectivity index (χ1) is 16.0. The molecular weight excluding hydrogens is 419 g/mol. The minimum atomic E-state index is -0.325. The van der Waals surface area contributed by atoms with Gasteiger partial charge in [0.25, 0.3) is 0 Å². The summed E-state index contributed by atoms with van der Waals surface area (Å²) < 4.78 is 18.8. The van der Waals surface area contributed by atoms with Gasteiger partial charge in [-0.3, -0.25) is 9.59 Å². The van der Waals surface area contributed by atoms with Crippen molar-refractivity contribution in [3.05, 3.63) is 95.7 Å². The minimum Gasteiger partial charge on any atom is -0.467 e. The van der Waals surface area contributed by atoms with Crippen molar-refractivity contribution in [3.63, 3.8) is 0 Å². The van der Waals surface area contributed by atoms with Gasteiger partial charge in [-0.2, -0.15) is 0 Å². The van der Waals surface area contributed by atoms with Crippen molar-refractivity contribution >= 4 is 11.8 Å². The summed E-state index contributed by atoms with van der Waals surface area (Å²) >= 11 is 0. The van der Waals surface area contributed by atoms with Crippen molar-refractivity contribution in [3.8, 4) is 0 Å². The molecule has 0 fully saturated rings. The Hall–Kier alpha value is -3.41. The highest BCUT2D eigenvalue weighted by Crippen LogP contribution is 2.22. The third-order valence-corrected chi connectivity index (χ3v) is 5.61. The van der Waals surface area contributed by atoms with Gasteiger partial charge in [0.2, 0.25) is 11.8 Å². The maximum atomic E-state index is 13.4. The number of hydrogen-bond donors (Lipinski definition) is 0. The highest BCUT2D eigenvalue weighted by molar-refractivity contribution is 5.88. The van der Waals surface area contributed by atoms with Crippen LogP contribution in [0.3, 0.4) is 0 Å². The van der Waals surface area contributed by atoms with E-state index in [9.17, 15) is 14.0 Å². The van der Waals surface area contributed by atoms with Gasteiger partial charge in [-0.1, -0.05) is 56.3 Å². The van der Waals surface area contributed by atoms with Crippen LogP contribution in [0, 0.1) is 5.82 Å². The molecule has 1 aromatic heterocycles. The third-order valence-electron chi connectivity index (χ3n) is 5.61. The Kier molecular flexibility index (Phi) is 8.81. The maximum absolute atomic E-state index is 13.4. The standard InChI is InChI=1S/C27H31FN2O3/c1-3-16-29(27(32)25(4-2)22-9-6-5-7-10-22)20-26(31)30(19-24-11-8-17-33-24)18-21-12-14-23(28)15-13-21/h5-15,17,25H,3-4,16,18-20H2,1-2H3. The summed E-state index contributed by atoms with van der Waals surface area (Å²) in [5.74, 6) is -0.191.